The summed E-state index contributed by atoms with van der Waals surface area (Å²) in [6, 6.07) is 11.4. The van der Waals surface area contributed by atoms with Crippen LogP contribution in [0.25, 0.3) is 0 Å². The molecule has 0 amide bonds. The van der Waals surface area contributed by atoms with Crippen LogP contribution >= 0.6 is 15.9 Å². The van der Waals surface area contributed by atoms with Crippen molar-refractivity contribution in [1.29, 1.82) is 0 Å². The standard InChI is InChI=1S/C16H15BrFN/c1-10-5-6-11(18)9-16(10)19-15-8-7-12-13(15)3-2-4-14(12)17/h2-6,9,15,19H,7-8H2,1H3. The maximum Gasteiger partial charge on any atom is 0.125 e. The largest absolute Gasteiger partial charge is 0.378 e. The van der Waals surface area contributed by atoms with Crippen LogP contribution in [-0.4, -0.2) is 0 Å². The lowest BCUT2D eigenvalue weighted by molar-refractivity contribution is 0.627. The Morgan fingerprint density at radius 3 is 2.95 bits per heavy atom. The molecule has 0 heterocycles. The second kappa shape index (κ2) is 4.97. The van der Waals surface area contributed by atoms with Gasteiger partial charge >= 0.3 is 0 Å². The first-order valence-corrected chi connectivity index (χ1v) is 7.24. The fraction of sp³-hybridized carbons (Fsp3) is 0.250. The number of anilines is 1. The molecule has 1 nitrogen and oxygen atoms in total. The summed E-state index contributed by atoms with van der Waals surface area (Å²) < 4.78 is 14.5. The zero-order valence-corrected chi connectivity index (χ0v) is 12.3. The highest BCUT2D eigenvalue weighted by Gasteiger charge is 2.24. The first kappa shape index (κ1) is 12.7. The number of hydrogen-bond acceptors (Lipinski definition) is 1. The molecule has 2 aromatic rings. The number of benzene rings is 2. The Morgan fingerprint density at radius 1 is 1.26 bits per heavy atom. The van der Waals surface area contributed by atoms with Crippen LogP contribution in [0.15, 0.2) is 40.9 Å². The van der Waals surface area contributed by atoms with Gasteiger partial charge in [0.25, 0.3) is 0 Å². The van der Waals surface area contributed by atoms with Crippen molar-refractivity contribution in [2.24, 2.45) is 0 Å². The van der Waals surface area contributed by atoms with Gasteiger partial charge in [-0.25, -0.2) is 4.39 Å². The van der Waals surface area contributed by atoms with Crippen LogP contribution in [0.5, 0.6) is 0 Å². The van der Waals surface area contributed by atoms with Crippen LogP contribution in [0.1, 0.15) is 29.2 Å². The molecule has 1 N–H and O–H groups in total. The number of fused-ring (bicyclic) bond motifs is 1. The summed E-state index contributed by atoms with van der Waals surface area (Å²) in [4.78, 5) is 0. The van der Waals surface area contributed by atoms with Gasteiger partial charge in [-0.15, -0.1) is 0 Å². The molecule has 0 saturated heterocycles. The minimum atomic E-state index is -0.194. The lowest BCUT2D eigenvalue weighted by Crippen LogP contribution is -2.08. The molecule has 98 valence electrons. The molecule has 19 heavy (non-hydrogen) atoms. The molecular formula is C16H15BrFN. The van der Waals surface area contributed by atoms with Gasteiger partial charge in [0.05, 0.1) is 6.04 Å². The van der Waals surface area contributed by atoms with Crippen molar-refractivity contribution in [2.75, 3.05) is 5.32 Å². The number of hydrogen-bond donors (Lipinski definition) is 1. The van der Waals surface area contributed by atoms with Crippen LogP contribution in [0.4, 0.5) is 10.1 Å². The lowest BCUT2D eigenvalue weighted by Gasteiger charge is -2.17. The minimum Gasteiger partial charge on any atom is -0.378 e. The summed E-state index contributed by atoms with van der Waals surface area (Å²) >= 11 is 3.60. The molecule has 1 atom stereocenters. The van der Waals surface area contributed by atoms with Gasteiger partial charge in [-0.3, -0.25) is 0 Å². The normalized spacial score (nSPS) is 17.3. The topological polar surface area (TPSA) is 12.0 Å². The third kappa shape index (κ3) is 2.39. The van der Waals surface area contributed by atoms with Gasteiger partial charge in [0.15, 0.2) is 0 Å². The Kier molecular flexibility index (Phi) is 3.31. The van der Waals surface area contributed by atoms with Crippen LogP contribution in [0.3, 0.4) is 0 Å². The van der Waals surface area contributed by atoms with E-state index in [0.29, 0.717) is 0 Å². The van der Waals surface area contributed by atoms with E-state index in [2.05, 4.69) is 39.4 Å². The smallest absolute Gasteiger partial charge is 0.125 e. The number of rotatable bonds is 2. The van der Waals surface area contributed by atoms with Gasteiger partial charge in [0.2, 0.25) is 0 Å². The van der Waals surface area contributed by atoms with E-state index in [1.165, 1.54) is 21.7 Å². The second-order valence-corrected chi connectivity index (χ2v) is 5.86. The second-order valence-electron chi connectivity index (χ2n) is 5.00. The van der Waals surface area contributed by atoms with E-state index in [4.69, 9.17) is 0 Å². The van der Waals surface area contributed by atoms with Crippen LogP contribution in [-0.2, 0) is 6.42 Å². The summed E-state index contributed by atoms with van der Waals surface area (Å²) in [7, 11) is 0. The minimum absolute atomic E-state index is 0.194. The van der Waals surface area contributed by atoms with E-state index >= 15 is 0 Å². The maximum atomic E-state index is 13.3. The van der Waals surface area contributed by atoms with Crippen molar-refractivity contribution in [3.8, 4) is 0 Å². The monoisotopic (exact) mass is 319 g/mol. The Hall–Kier alpha value is -1.35. The fourth-order valence-electron chi connectivity index (χ4n) is 2.70. The average molecular weight is 320 g/mol. The molecule has 2 aromatic carbocycles. The first-order valence-electron chi connectivity index (χ1n) is 6.45. The van der Waals surface area contributed by atoms with Crippen LogP contribution < -0.4 is 5.32 Å². The molecule has 3 rings (SSSR count). The van der Waals surface area contributed by atoms with Crippen molar-refractivity contribution >= 4 is 21.6 Å². The highest BCUT2D eigenvalue weighted by molar-refractivity contribution is 9.10. The molecule has 1 aliphatic carbocycles. The van der Waals surface area contributed by atoms with Crippen molar-refractivity contribution in [2.45, 2.75) is 25.8 Å². The van der Waals surface area contributed by atoms with Crippen molar-refractivity contribution < 1.29 is 4.39 Å². The molecule has 1 aliphatic rings. The zero-order valence-electron chi connectivity index (χ0n) is 10.7. The molecule has 1 unspecified atom stereocenters. The van der Waals surface area contributed by atoms with E-state index in [0.717, 1.165) is 24.1 Å². The summed E-state index contributed by atoms with van der Waals surface area (Å²) in [6.07, 6.45) is 2.11. The van der Waals surface area contributed by atoms with Crippen molar-refractivity contribution in [3.63, 3.8) is 0 Å². The molecule has 0 aliphatic heterocycles. The molecule has 0 fully saturated rings. The Bertz CT molecular complexity index is 624. The first-order chi connectivity index (χ1) is 9.15. The molecule has 0 aromatic heterocycles. The quantitative estimate of drug-likeness (QED) is 0.821. The molecular weight excluding hydrogens is 305 g/mol. The van der Waals surface area contributed by atoms with Crippen molar-refractivity contribution in [1.82, 2.24) is 0 Å². The predicted molar refractivity (Wildman–Crippen MR) is 80.0 cm³/mol. The summed E-state index contributed by atoms with van der Waals surface area (Å²) in [5.41, 5.74) is 4.65. The average Bonchev–Trinajstić information content (AvgIpc) is 2.79. The highest BCUT2D eigenvalue weighted by Crippen LogP contribution is 2.38. The number of nitrogens with one attached hydrogen (secondary N) is 1. The third-order valence-corrected chi connectivity index (χ3v) is 4.49. The number of aryl methyl sites for hydroxylation is 1. The molecule has 0 bridgehead atoms. The Labute approximate surface area is 121 Å². The Balaban J connectivity index is 1.91. The van der Waals surface area contributed by atoms with Crippen molar-refractivity contribution in [3.05, 3.63) is 63.4 Å². The highest BCUT2D eigenvalue weighted by atomic mass is 79.9. The predicted octanol–water partition coefficient (Wildman–Crippen LogP) is 5.00. The Morgan fingerprint density at radius 2 is 2.11 bits per heavy atom. The SMILES string of the molecule is Cc1ccc(F)cc1NC1CCc2c(Br)cccc21. The summed E-state index contributed by atoms with van der Waals surface area (Å²) in [5.74, 6) is -0.194. The molecule has 0 radical (unpaired) electrons. The van der Waals surface area contributed by atoms with E-state index in [-0.39, 0.29) is 11.9 Å². The van der Waals surface area contributed by atoms with E-state index in [1.807, 2.05) is 13.0 Å². The molecule has 0 spiro atoms. The van der Waals surface area contributed by atoms with Gasteiger partial charge in [0.1, 0.15) is 5.82 Å². The summed E-state index contributed by atoms with van der Waals surface area (Å²) in [5, 5.41) is 3.47. The molecule has 0 saturated carbocycles. The maximum absolute atomic E-state index is 13.3. The third-order valence-electron chi connectivity index (χ3n) is 3.74. The van der Waals surface area contributed by atoms with E-state index in [1.54, 1.807) is 6.07 Å². The van der Waals surface area contributed by atoms with Gasteiger partial charge in [-0.05, 0) is 54.7 Å². The van der Waals surface area contributed by atoms with Gasteiger partial charge in [0, 0.05) is 10.2 Å². The van der Waals surface area contributed by atoms with Crippen LogP contribution in [0, 0.1) is 12.7 Å². The zero-order chi connectivity index (χ0) is 13.4. The van der Waals surface area contributed by atoms with E-state index in [9.17, 15) is 4.39 Å². The van der Waals surface area contributed by atoms with E-state index < -0.39 is 0 Å². The number of halogens is 2. The van der Waals surface area contributed by atoms with Gasteiger partial charge < -0.3 is 5.32 Å². The van der Waals surface area contributed by atoms with Crippen LogP contribution in [0.2, 0.25) is 0 Å². The molecule has 3 heteroatoms. The van der Waals surface area contributed by atoms with Gasteiger partial charge in [-0.1, -0.05) is 34.1 Å². The lowest BCUT2D eigenvalue weighted by atomic mass is 10.1. The van der Waals surface area contributed by atoms with Gasteiger partial charge in [-0.2, -0.15) is 0 Å². The summed E-state index contributed by atoms with van der Waals surface area (Å²) in [6.45, 7) is 2.00. The fourth-order valence-corrected chi connectivity index (χ4v) is 3.28.